The van der Waals surface area contributed by atoms with Crippen LogP contribution in [0.4, 0.5) is 0 Å². The predicted octanol–water partition coefficient (Wildman–Crippen LogP) is 1.54. The minimum Gasteiger partial charge on any atom is -0.368 e. The molecule has 0 spiro atoms. The maximum absolute atomic E-state index is 10.8. The van der Waals surface area contributed by atoms with Gasteiger partial charge in [-0.1, -0.05) is 26.0 Å². The minimum atomic E-state index is -0.594. The van der Waals surface area contributed by atoms with Crippen LogP contribution in [0.25, 0.3) is 0 Å². The average Bonchev–Trinajstić information content (AvgIpc) is 2.20. The van der Waals surface area contributed by atoms with Gasteiger partial charge in [0, 0.05) is 10.1 Å². The minimum absolute atomic E-state index is 0.458. The van der Waals surface area contributed by atoms with E-state index in [-0.39, 0.29) is 0 Å². The zero-order valence-corrected chi connectivity index (χ0v) is 10.5. The Bertz CT molecular complexity index is 349. The van der Waals surface area contributed by atoms with Crippen LogP contribution in [-0.2, 0) is 11.2 Å². The molecule has 4 N–H and O–H groups in total. The fraction of sp³-hybridized carbons (Fsp3) is 0.417. The van der Waals surface area contributed by atoms with Crippen LogP contribution in [0.15, 0.2) is 29.2 Å². The van der Waals surface area contributed by atoms with Gasteiger partial charge in [-0.05, 0) is 24.1 Å². The molecule has 1 atom stereocenters. The van der Waals surface area contributed by atoms with Crippen LogP contribution in [0.3, 0.4) is 0 Å². The zero-order valence-electron chi connectivity index (χ0n) is 9.64. The summed E-state index contributed by atoms with van der Waals surface area (Å²) in [6.07, 6.45) is 0.502. The molecule has 0 bridgehead atoms. The topological polar surface area (TPSA) is 69.1 Å². The lowest BCUT2D eigenvalue weighted by Gasteiger charge is -2.09. The van der Waals surface area contributed by atoms with E-state index in [4.69, 9.17) is 11.5 Å². The van der Waals surface area contributed by atoms with Crippen molar-refractivity contribution in [2.45, 2.75) is 36.5 Å². The SMILES string of the molecule is CC(C)Sc1ccc(CC(N)C(N)=O)cc1. The van der Waals surface area contributed by atoms with E-state index >= 15 is 0 Å². The van der Waals surface area contributed by atoms with Crippen LogP contribution < -0.4 is 11.5 Å². The first-order chi connectivity index (χ1) is 7.49. The summed E-state index contributed by atoms with van der Waals surface area (Å²) < 4.78 is 0. The number of rotatable bonds is 5. The summed E-state index contributed by atoms with van der Waals surface area (Å²) in [7, 11) is 0. The molecule has 0 fully saturated rings. The Morgan fingerprint density at radius 1 is 1.31 bits per heavy atom. The number of benzene rings is 1. The largest absolute Gasteiger partial charge is 0.368 e. The van der Waals surface area contributed by atoms with Gasteiger partial charge >= 0.3 is 0 Å². The Morgan fingerprint density at radius 3 is 2.31 bits per heavy atom. The van der Waals surface area contributed by atoms with E-state index in [9.17, 15) is 4.79 Å². The van der Waals surface area contributed by atoms with Gasteiger partial charge < -0.3 is 11.5 Å². The third-order valence-electron chi connectivity index (χ3n) is 2.12. The molecule has 1 aromatic rings. The second-order valence-electron chi connectivity index (χ2n) is 4.02. The maximum atomic E-state index is 10.8. The van der Waals surface area contributed by atoms with Gasteiger partial charge in [-0.2, -0.15) is 0 Å². The van der Waals surface area contributed by atoms with Crippen molar-refractivity contribution in [3.63, 3.8) is 0 Å². The molecule has 0 aromatic heterocycles. The number of carbonyl (C=O) groups is 1. The zero-order chi connectivity index (χ0) is 12.1. The first kappa shape index (κ1) is 13.1. The molecular weight excluding hydrogens is 220 g/mol. The average molecular weight is 238 g/mol. The van der Waals surface area contributed by atoms with Crippen molar-refractivity contribution in [1.29, 1.82) is 0 Å². The smallest absolute Gasteiger partial charge is 0.234 e. The number of carbonyl (C=O) groups excluding carboxylic acids is 1. The molecule has 1 unspecified atom stereocenters. The molecular formula is C12H18N2OS. The third-order valence-corrected chi connectivity index (χ3v) is 3.13. The molecule has 16 heavy (non-hydrogen) atoms. The molecule has 1 amide bonds. The monoisotopic (exact) mass is 238 g/mol. The highest BCUT2D eigenvalue weighted by Crippen LogP contribution is 2.23. The van der Waals surface area contributed by atoms with Gasteiger partial charge in [-0.15, -0.1) is 11.8 Å². The van der Waals surface area contributed by atoms with E-state index in [0.717, 1.165) is 5.56 Å². The number of primary amides is 1. The number of hydrogen-bond donors (Lipinski definition) is 2. The molecule has 0 aliphatic carbocycles. The second kappa shape index (κ2) is 5.92. The highest BCUT2D eigenvalue weighted by Gasteiger charge is 2.09. The van der Waals surface area contributed by atoms with Gasteiger partial charge in [0.1, 0.15) is 0 Å². The maximum Gasteiger partial charge on any atom is 0.234 e. The van der Waals surface area contributed by atoms with Gasteiger partial charge in [0.25, 0.3) is 0 Å². The highest BCUT2D eigenvalue weighted by atomic mass is 32.2. The summed E-state index contributed by atoms with van der Waals surface area (Å²) >= 11 is 1.81. The van der Waals surface area contributed by atoms with Gasteiger partial charge in [-0.25, -0.2) is 0 Å². The number of thioether (sulfide) groups is 1. The van der Waals surface area contributed by atoms with Crippen LogP contribution in [0, 0.1) is 0 Å². The first-order valence-corrected chi connectivity index (χ1v) is 6.17. The number of amides is 1. The Balaban J connectivity index is 2.61. The summed E-state index contributed by atoms with van der Waals surface area (Å²) in [4.78, 5) is 12.0. The molecule has 0 radical (unpaired) electrons. The van der Waals surface area contributed by atoms with E-state index in [1.165, 1.54) is 4.90 Å². The lowest BCUT2D eigenvalue weighted by Crippen LogP contribution is -2.38. The van der Waals surface area contributed by atoms with Gasteiger partial charge in [-0.3, -0.25) is 4.79 Å². The van der Waals surface area contributed by atoms with Crippen molar-refractivity contribution < 1.29 is 4.79 Å². The Labute approximate surface area is 101 Å². The molecule has 0 saturated heterocycles. The van der Waals surface area contributed by atoms with Crippen LogP contribution >= 0.6 is 11.8 Å². The van der Waals surface area contributed by atoms with Gasteiger partial charge in [0.05, 0.1) is 6.04 Å². The molecule has 1 rings (SSSR count). The highest BCUT2D eigenvalue weighted by molar-refractivity contribution is 7.99. The Kier molecular flexibility index (Phi) is 4.83. The molecule has 0 heterocycles. The molecule has 0 saturated carbocycles. The number of hydrogen-bond acceptors (Lipinski definition) is 3. The summed E-state index contributed by atoms with van der Waals surface area (Å²) in [6, 6.07) is 7.49. The van der Waals surface area contributed by atoms with E-state index in [0.29, 0.717) is 11.7 Å². The quantitative estimate of drug-likeness (QED) is 0.765. The van der Waals surface area contributed by atoms with Crippen LogP contribution in [0.1, 0.15) is 19.4 Å². The van der Waals surface area contributed by atoms with Crippen molar-refractivity contribution >= 4 is 17.7 Å². The summed E-state index contributed by atoms with van der Waals surface area (Å²) in [5.74, 6) is -0.458. The van der Waals surface area contributed by atoms with Crippen molar-refractivity contribution in [3.05, 3.63) is 29.8 Å². The Morgan fingerprint density at radius 2 is 1.88 bits per heavy atom. The van der Waals surface area contributed by atoms with E-state index in [1.807, 2.05) is 36.0 Å². The van der Waals surface area contributed by atoms with E-state index in [1.54, 1.807) is 0 Å². The van der Waals surface area contributed by atoms with Gasteiger partial charge in [0.2, 0.25) is 5.91 Å². The molecule has 0 aliphatic rings. The lowest BCUT2D eigenvalue weighted by molar-refractivity contribution is -0.119. The fourth-order valence-corrected chi connectivity index (χ4v) is 2.17. The van der Waals surface area contributed by atoms with Crippen LogP contribution in [0.2, 0.25) is 0 Å². The van der Waals surface area contributed by atoms with Crippen molar-refractivity contribution in [2.24, 2.45) is 11.5 Å². The van der Waals surface area contributed by atoms with Crippen LogP contribution in [-0.4, -0.2) is 17.2 Å². The molecule has 4 heteroatoms. The standard InChI is InChI=1S/C12H18N2OS/c1-8(2)16-10-5-3-9(4-6-10)7-11(13)12(14)15/h3-6,8,11H,7,13H2,1-2H3,(H2,14,15). The van der Waals surface area contributed by atoms with Crippen molar-refractivity contribution in [3.8, 4) is 0 Å². The lowest BCUT2D eigenvalue weighted by atomic mass is 10.1. The first-order valence-electron chi connectivity index (χ1n) is 5.29. The predicted molar refractivity (Wildman–Crippen MR) is 68.3 cm³/mol. The summed E-state index contributed by atoms with van der Waals surface area (Å²) in [6.45, 7) is 4.31. The normalized spacial score (nSPS) is 12.8. The Hall–Kier alpha value is -1.00. The van der Waals surface area contributed by atoms with Crippen molar-refractivity contribution in [1.82, 2.24) is 0 Å². The molecule has 88 valence electrons. The molecule has 1 aromatic carbocycles. The van der Waals surface area contributed by atoms with Gasteiger partial charge in [0.15, 0.2) is 0 Å². The van der Waals surface area contributed by atoms with Crippen molar-refractivity contribution in [2.75, 3.05) is 0 Å². The third kappa shape index (κ3) is 4.24. The van der Waals surface area contributed by atoms with E-state index < -0.39 is 11.9 Å². The van der Waals surface area contributed by atoms with Crippen LogP contribution in [0.5, 0.6) is 0 Å². The summed E-state index contributed by atoms with van der Waals surface area (Å²) in [5, 5.41) is 0.568. The summed E-state index contributed by atoms with van der Waals surface area (Å²) in [5.41, 5.74) is 11.7. The number of nitrogens with two attached hydrogens (primary N) is 2. The van der Waals surface area contributed by atoms with E-state index in [2.05, 4.69) is 13.8 Å². The fourth-order valence-electron chi connectivity index (χ4n) is 1.33. The second-order valence-corrected chi connectivity index (χ2v) is 5.67. The molecule has 0 aliphatic heterocycles. The molecule has 3 nitrogen and oxygen atoms in total.